The fourth-order valence-corrected chi connectivity index (χ4v) is 3.04. The van der Waals surface area contributed by atoms with Crippen LogP contribution in [0, 0.1) is 6.92 Å². The Morgan fingerprint density at radius 1 is 1.11 bits per heavy atom. The molecule has 2 amide bonds. The molecular weight excluding hydrogens is 340 g/mol. The van der Waals surface area contributed by atoms with Gasteiger partial charge >= 0.3 is 0 Å². The van der Waals surface area contributed by atoms with Crippen molar-refractivity contribution in [2.45, 2.75) is 39.3 Å². The maximum atomic E-state index is 13.1. The van der Waals surface area contributed by atoms with Crippen LogP contribution in [0.5, 0.6) is 5.75 Å². The van der Waals surface area contributed by atoms with Crippen LogP contribution in [0.25, 0.3) is 0 Å². The van der Waals surface area contributed by atoms with Gasteiger partial charge in [-0.15, -0.1) is 0 Å². The van der Waals surface area contributed by atoms with E-state index >= 15 is 0 Å². The Balaban J connectivity index is 2.28. The molecule has 2 rings (SSSR count). The van der Waals surface area contributed by atoms with Crippen LogP contribution in [0.3, 0.4) is 0 Å². The Hall–Kier alpha value is -2.82. The number of methoxy groups -OCH3 is 1. The molecule has 0 heterocycles. The highest BCUT2D eigenvalue weighted by Crippen LogP contribution is 2.18. The Morgan fingerprint density at radius 3 is 2.41 bits per heavy atom. The summed E-state index contributed by atoms with van der Waals surface area (Å²) in [6.07, 6.45) is 0.807. The molecule has 0 saturated carbocycles. The molecule has 0 aliphatic rings. The number of rotatable bonds is 8. The number of hydrogen-bond acceptors (Lipinski definition) is 3. The number of carbonyl (C=O) groups is 2. The zero-order chi connectivity index (χ0) is 19.8. The lowest BCUT2D eigenvalue weighted by Gasteiger charge is -2.30. The van der Waals surface area contributed by atoms with Gasteiger partial charge in [-0.3, -0.25) is 9.59 Å². The third-order valence-corrected chi connectivity index (χ3v) is 4.60. The number of amides is 2. The van der Waals surface area contributed by atoms with E-state index in [2.05, 4.69) is 5.32 Å². The molecule has 0 saturated heterocycles. The van der Waals surface area contributed by atoms with E-state index in [4.69, 9.17) is 4.74 Å². The quantitative estimate of drug-likeness (QED) is 0.779. The zero-order valence-corrected chi connectivity index (χ0v) is 16.5. The monoisotopic (exact) mass is 368 g/mol. The average Bonchev–Trinajstić information content (AvgIpc) is 2.69. The summed E-state index contributed by atoms with van der Waals surface area (Å²) >= 11 is 0. The third kappa shape index (κ3) is 5.58. The minimum absolute atomic E-state index is 0.0721. The molecule has 0 radical (unpaired) electrons. The second kappa shape index (κ2) is 9.76. The minimum atomic E-state index is -0.515. The lowest BCUT2D eigenvalue weighted by molar-refractivity contribution is -0.140. The van der Waals surface area contributed by atoms with Crippen LogP contribution >= 0.6 is 0 Å². The first-order chi connectivity index (χ1) is 13.0. The van der Waals surface area contributed by atoms with E-state index in [1.165, 1.54) is 0 Å². The molecule has 0 aromatic heterocycles. The number of nitrogens with one attached hydrogen (secondary N) is 1. The normalized spacial score (nSPS) is 11.6. The summed E-state index contributed by atoms with van der Waals surface area (Å²) in [5.41, 5.74) is 3.01. The maximum absolute atomic E-state index is 13.1. The van der Waals surface area contributed by atoms with Crippen molar-refractivity contribution < 1.29 is 14.3 Å². The van der Waals surface area contributed by atoms with Crippen LogP contribution in [0.4, 0.5) is 0 Å². The van der Waals surface area contributed by atoms with E-state index in [-0.39, 0.29) is 18.2 Å². The van der Waals surface area contributed by atoms with Crippen molar-refractivity contribution in [3.8, 4) is 5.75 Å². The summed E-state index contributed by atoms with van der Waals surface area (Å²) < 4.78 is 5.28. The van der Waals surface area contributed by atoms with Gasteiger partial charge in [-0.2, -0.15) is 0 Å². The molecule has 1 N–H and O–H groups in total. The first-order valence-corrected chi connectivity index (χ1v) is 9.18. The van der Waals surface area contributed by atoms with Crippen LogP contribution in [-0.2, 0) is 22.6 Å². The molecule has 1 atom stereocenters. The first-order valence-electron chi connectivity index (χ1n) is 9.18. The van der Waals surface area contributed by atoms with E-state index in [0.29, 0.717) is 13.0 Å². The largest absolute Gasteiger partial charge is 0.497 e. The smallest absolute Gasteiger partial charge is 0.242 e. The predicted molar refractivity (Wildman–Crippen MR) is 107 cm³/mol. The summed E-state index contributed by atoms with van der Waals surface area (Å²) in [5, 5.41) is 2.67. The molecule has 0 bridgehead atoms. The fourth-order valence-electron chi connectivity index (χ4n) is 3.04. The molecule has 0 aliphatic carbocycles. The molecular formula is C22H28N2O3. The van der Waals surface area contributed by atoms with E-state index in [1.54, 1.807) is 19.1 Å². The van der Waals surface area contributed by atoms with Gasteiger partial charge in [-0.1, -0.05) is 48.9 Å². The highest BCUT2D eigenvalue weighted by molar-refractivity contribution is 5.88. The average molecular weight is 368 g/mol. The lowest BCUT2D eigenvalue weighted by atomic mass is 10.1. The Kier molecular flexibility index (Phi) is 7.41. The summed E-state index contributed by atoms with van der Waals surface area (Å²) in [5.74, 6) is 0.501. The van der Waals surface area contributed by atoms with Gasteiger partial charge in [0.05, 0.1) is 13.5 Å². The standard InChI is InChI=1S/C22H28N2O3/c1-5-20(22(26)23-3)24(15-18-7-6-8-19(13-18)27-4)21(25)14-17-11-9-16(2)10-12-17/h6-13,20H,5,14-15H2,1-4H3,(H,23,26). The molecule has 0 fully saturated rings. The third-order valence-electron chi connectivity index (χ3n) is 4.60. The lowest BCUT2D eigenvalue weighted by Crippen LogP contribution is -2.48. The highest BCUT2D eigenvalue weighted by Gasteiger charge is 2.28. The SMILES string of the molecule is CCC(C(=O)NC)N(Cc1cccc(OC)c1)C(=O)Cc1ccc(C)cc1. The topological polar surface area (TPSA) is 58.6 Å². The van der Waals surface area contributed by atoms with E-state index in [9.17, 15) is 9.59 Å². The molecule has 27 heavy (non-hydrogen) atoms. The molecule has 0 spiro atoms. The molecule has 0 aliphatic heterocycles. The Bertz CT molecular complexity index is 771. The van der Waals surface area contributed by atoms with Crippen molar-refractivity contribution in [3.05, 3.63) is 65.2 Å². The van der Waals surface area contributed by atoms with E-state index in [0.717, 1.165) is 22.4 Å². The van der Waals surface area contributed by atoms with Crippen molar-refractivity contribution >= 4 is 11.8 Å². The molecule has 1 unspecified atom stereocenters. The van der Waals surface area contributed by atoms with Crippen LogP contribution < -0.4 is 10.1 Å². The number of hydrogen-bond donors (Lipinski definition) is 1. The van der Waals surface area contributed by atoms with Gasteiger partial charge in [0.25, 0.3) is 0 Å². The van der Waals surface area contributed by atoms with Gasteiger partial charge in [-0.25, -0.2) is 0 Å². The maximum Gasteiger partial charge on any atom is 0.242 e. The van der Waals surface area contributed by atoms with Gasteiger partial charge in [0.15, 0.2) is 0 Å². The minimum Gasteiger partial charge on any atom is -0.497 e. The summed E-state index contributed by atoms with van der Waals surface area (Å²) in [6, 6.07) is 15.0. The van der Waals surface area contributed by atoms with Crippen LogP contribution in [0.15, 0.2) is 48.5 Å². The number of benzene rings is 2. The van der Waals surface area contributed by atoms with Gasteiger partial charge in [0.1, 0.15) is 11.8 Å². The number of ether oxygens (including phenoxy) is 1. The van der Waals surface area contributed by atoms with E-state index in [1.807, 2.05) is 62.4 Å². The number of aryl methyl sites for hydroxylation is 1. The van der Waals surface area contributed by atoms with Crippen molar-refractivity contribution in [2.75, 3.05) is 14.2 Å². The molecule has 5 heteroatoms. The van der Waals surface area contributed by atoms with Crippen molar-refractivity contribution in [2.24, 2.45) is 0 Å². The van der Waals surface area contributed by atoms with Gasteiger partial charge in [0, 0.05) is 13.6 Å². The predicted octanol–water partition coefficient (Wildman–Crippen LogP) is 3.10. The molecule has 2 aromatic carbocycles. The second-order valence-electron chi connectivity index (χ2n) is 6.57. The Labute approximate surface area is 161 Å². The van der Waals surface area contributed by atoms with Crippen molar-refractivity contribution in [1.82, 2.24) is 10.2 Å². The van der Waals surface area contributed by atoms with Crippen molar-refractivity contribution in [3.63, 3.8) is 0 Å². The van der Waals surface area contributed by atoms with E-state index < -0.39 is 6.04 Å². The number of nitrogens with zero attached hydrogens (tertiary/aromatic N) is 1. The summed E-state index contributed by atoms with van der Waals surface area (Å²) in [4.78, 5) is 27.1. The molecule has 5 nitrogen and oxygen atoms in total. The van der Waals surface area contributed by atoms with Crippen LogP contribution in [0.2, 0.25) is 0 Å². The van der Waals surface area contributed by atoms with Crippen molar-refractivity contribution in [1.29, 1.82) is 0 Å². The van der Waals surface area contributed by atoms with Crippen LogP contribution in [0.1, 0.15) is 30.0 Å². The van der Waals surface area contributed by atoms with Gasteiger partial charge in [-0.05, 0) is 36.6 Å². The first kappa shape index (κ1) is 20.5. The van der Waals surface area contributed by atoms with Crippen LogP contribution in [-0.4, -0.2) is 36.9 Å². The molecule has 144 valence electrons. The van der Waals surface area contributed by atoms with Gasteiger partial charge < -0.3 is 15.0 Å². The number of likely N-dealkylation sites (N-methyl/N-ethyl adjacent to an activating group) is 1. The summed E-state index contributed by atoms with van der Waals surface area (Å²) in [6.45, 7) is 4.28. The highest BCUT2D eigenvalue weighted by atomic mass is 16.5. The number of carbonyl (C=O) groups excluding carboxylic acids is 2. The van der Waals surface area contributed by atoms with Gasteiger partial charge in [0.2, 0.25) is 11.8 Å². The summed E-state index contributed by atoms with van der Waals surface area (Å²) in [7, 11) is 3.21. The fraction of sp³-hybridized carbons (Fsp3) is 0.364. The Morgan fingerprint density at radius 2 is 1.81 bits per heavy atom. The second-order valence-corrected chi connectivity index (χ2v) is 6.57. The molecule has 2 aromatic rings. The zero-order valence-electron chi connectivity index (χ0n) is 16.5.